The van der Waals surface area contributed by atoms with Crippen LogP contribution in [0.3, 0.4) is 0 Å². The fraction of sp³-hybridized carbons (Fsp3) is 0.182. The van der Waals surface area contributed by atoms with Gasteiger partial charge < -0.3 is 4.74 Å². The van der Waals surface area contributed by atoms with Crippen LogP contribution < -0.4 is 4.74 Å². The van der Waals surface area contributed by atoms with Crippen molar-refractivity contribution in [1.29, 1.82) is 5.26 Å². The monoisotopic (exact) mass is 360 g/mol. The first-order valence-corrected chi connectivity index (χ1v) is 8.94. The van der Waals surface area contributed by atoms with Gasteiger partial charge in [-0.15, -0.1) is 11.3 Å². The van der Waals surface area contributed by atoms with Crippen LogP contribution in [-0.2, 0) is 0 Å². The van der Waals surface area contributed by atoms with E-state index in [9.17, 15) is 0 Å². The zero-order valence-electron chi connectivity index (χ0n) is 15.3. The highest BCUT2D eigenvalue weighted by atomic mass is 32.1. The van der Waals surface area contributed by atoms with Gasteiger partial charge in [-0.05, 0) is 62.6 Å². The van der Waals surface area contributed by atoms with Crippen molar-refractivity contribution in [1.82, 2.24) is 4.98 Å². The fourth-order valence-electron chi connectivity index (χ4n) is 2.15. The maximum absolute atomic E-state index is 8.87. The van der Waals surface area contributed by atoms with Gasteiger partial charge in [0.25, 0.3) is 0 Å². The molecule has 0 spiro atoms. The zero-order valence-corrected chi connectivity index (χ0v) is 16.1. The Kier molecular flexibility index (Phi) is 6.97. The van der Waals surface area contributed by atoms with Crippen LogP contribution in [0.25, 0.3) is 0 Å². The highest BCUT2D eigenvalue weighted by Crippen LogP contribution is 2.10. The Hall–Kier alpha value is -3.08. The number of nitriles is 1. The van der Waals surface area contributed by atoms with Gasteiger partial charge in [0.2, 0.25) is 0 Å². The van der Waals surface area contributed by atoms with E-state index < -0.39 is 0 Å². The summed E-state index contributed by atoms with van der Waals surface area (Å²) in [5.41, 5.74) is 4.59. The minimum Gasteiger partial charge on any atom is -0.497 e. The summed E-state index contributed by atoms with van der Waals surface area (Å²) in [4.78, 5) is 4.27. The van der Waals surface area contributed by atoms with Crippen LogP contribution in [-0.4, -0.2) is 12.1 Å². The fourth-order valence-corrected chi connectivity index (χ4v) is 2.70. The van der Waals surface area contributed by atoms with Gasteiger partial charge in [0, 0.05) is 10.9 Å². The number of aryl methyl sites for hydroxylation is 3. The summed E-state index contributed by atoms with van der Waals surface area (Å²) in [5, 5.41) is 11.8. The highest BCUT2D eigenvalue weighted by Gasteiger charge is 1.96. The molecule has 0 aliphatic heterocycles. The van der Waals surface area contributed by atoms with Crippen LogP contribution in [0.1, 0.15) is 33.0 Å². The lowest BCUT2D eigenvalue weighted by Crippen LogP contribution is -1.82. The molecular formula is C22H20N2OS. The normalized spacial score (nSPS) is 9.19. The molecule has 0 saturated heterocycles. The van der Waals surface area contributed by atoms with E-state index in [1.54, 1.807) is 24.5 Å². The number of benzene rings is 2. The number of thiazole rings is 1. The summed E-state index contributed by atoms with van der Waals surface area (Å²) in [5.74, 6) is 6.95. The number of hydrogen-bond acceptors (Lipinski definition) is 4. The van der Waals surface area contributed by atoms with E-state index in [4.69, 9.17) is 10.00 Å². The molecule has 0 saturated carbocycles. The Morgan fingerprint density at radius 2 is 1.62 bits per heavy atom. The molecule has 0 fully saturated rings. The molecule has 0 aliphatic rings. The van der Waals surface area contributed by atoms with Crippen molar-refractivity contribution >= 4 is 11.3 Å². The van der Waals surface area contributed by atoms with E-state index in [-0.39, 0.29) is 0 Å². The maximum Gasteiger partial charge on any atom is 0.124 e. The smallest absolute Gasteiger partial charge is 0.124 e. The largest absolute Gasteiger partial charge is 0.497 e. The zero-order chi connectivity index (χ0) is 18.9. The third kappa shape index (κ3) is 6.09. The van der Waals surface area contributed by atoms with E-state index >= 15 is 0 Å². The molecule has 0 N–H and O–H groups in total. The molecule has 3 nitrogen and oxygen atoms in total. The molecule has 0 amide bonds. The van der Waals surface area contributed by atoms with Crippen LogP contribution in [0.4, 0.5) is 0 Å². The van der Waals surface area contributed by atoms with Gasteiger partial charge in [-0.3, -0.25) is 0 Å². The molecule has 26 heavy (non-hydrogen) atoms. The van der Waals surface area contributed by atoms with Crippen LogP contribution in [0.15, 0.2) is 47.8 Å². The number of rotatable bonds is 1. The van der Waals surface area contributed by atoms with E-state index in [0.29, 0.717) is 5.56 Å². The number of nitrogens with zero attached hydrogens (tertiary/aromatic N) is 2. The second-order valence-corrected chi connectivity index (χ2v) is 6.78. The van der Waals surface area contributed by atoms with Gasteiger partial charge in [0.05, 0.1) is 23.8 Å². The first-order chi connectivity index (χ1) is 12.5. The van der Waals surface area contributed by atoms with Crippen molar-refractivity contribution in [2.24, 2.45) is 0 Å². The number of ether oxygens (including phenoxy) is 1. The van der Waals surface area contributed by atoms with E-state index in [2.05, 4.69) is 29.8 Å². The maximum atomic E-state index is 8.87. The molecule has 2 aromatic carbocycles. The van der Waals surface area contributed by atoms with Crippen LogP contribution >= 0.6 is 11.3 Å². The van der Waals surface area contributed by atoms with Gasteiger partial charge in [-0.1, -0.05) is 23.6 Å². The molecule has 4 heteroatoms. The molecule has 3 rings (SSSR count). The van der Waals surface area contributed by atoms with Crippen molar-refractivity contribution in [2.45, 2.75) is 20.8 Å². The van der Waals surface area contributed by atoms with Crippen LogP contribution in [0, 0.1) is 43.9 Å². The molecule has 1 aromatic heterocycles. The molecule has 130 valence electrons. The molecule has 0 atom stereocenters. The summed E-state index contributed by atoms with van der Waals surface area (Å²) < 4.78 is 4.97. The van der Waals surface area contributed by atoms with Crippen molar-refractivity contribution < 1.29 is 4.74 Å². The molecule has 1 heterocycles. The Bertz CT molecular complexity index is 970. The molecule has 0 radical (unpaired) electrons. The molecule has 0 bridgehead atoms. The molecule has 0 aliphatic carbocycles. The summed E-state index contributed by atoms with van der Waals surface area (Å²) in [6.45, 7) is 5.97. The third-order valence-corrected chi connectivity index (χ3v) is 4.19. The Morgan fingerprint density at radius 1 is 0.923 bits per heavy atom. The second-order valence-electron chi connectivity index (χ2n) is 5.72. The highest BCUT2D eigenvalue weighted by molar-refractivity contribution is 7.09. The van der Waals surface area contributed by atoms with Gasteiger partial charge in [0.1, 0.15) is 11.4 Å². The second kappa shape index (κ2) is 9.42. The number of aromatic nitrogens is 1. The summed E-state index contributed by atoms with van der Waals surface area (Å²) in [6, 6.07) is 15.7. The van der Waals surface area contributed by atoms with E-state index in [1.165, 1.54) is 5.56 Å². The average Bonchev–Trinajstić information content (AvgIpc) is 3.06. The standard InChI is InChI=1S/C14H10N2S.C8H10O/c1-10-5-12(7-13(6-10)8-15)3-4-14-9-17-11(2)16-14;1-7-3-5-8(9-2)6-4-7/h5-7,9H,1-2H3;3-6H,1-2H3. The van der Waals surface area contributed by atoms with E-state index in [1.807, 2.05) is 55.6 Å². The lowest BCUT2D eigenvalue weighted by molar-refractivity contribution is 0.414. The van der Waals surface area contributed by atoms with Gasteiger partial charge in [-0.25, -0.2) is 4.98 Å². The quantitative estimate of drug-likeness (QED) is 0.572. The topological polar surface area (TPSA) is 45.9 Å². The Labute approximate surface area is 158 Å². The molecule has 0 unspecified atom stereocenters. The predicted octanol–water partition coefficient (Wildman–Crippen LogP) is 5.04. The lowest BCUT2D eigenvalue weighted by Gasteiger charge is -1.97. The van der Waals surface area contributed by atoms with E-state index in [0.717, 1.165) is 27.6 Å². The van der Waals surface area contributed by atoms with Crippen molar-refractivity contribution in [2.75, 3.05) is 7.11 Å². The first-order valence-electron chi connectivity index (χ1n) is 8.07. The average molecular weight is 360 g/mol. The van der Waals surface area contributed by atoms with Gasteiger partial charge in [-0.2, -0.15) is 5.26 Å². The van der Waals surface area contributed by atoms with Crippen LogP contribution in [0.5, 0.6) is 5.75 Å². The lowest BCUT2D eigenvalue weighted by atomic mass is 10.1. The summed E-state index contributed by atoms with van der Waals surface area (Å²) >= 11 is 1.58. The Morgan fingerprint density at radius 3 is 2.19 bits per heavy atom. The van der Waals surface area contributed by atoms with Crippen molar-refractivity contribution in [3.05, 3.63) is 80.8 Å². The van der Waals surface area contributed by atoms with Gasteiger partial charge in [0.15, 0.2) is 0 Å². The minimum atomic E-state index is 0.642. The summed E-state index contributed by atoms with van der Waals surface area (Å²) in [7, 11) is 1.67. The van der Waals surface area contributed by atoms with Crippen molar-refractivity contribution in [3.8, 4) is 23.7 Å². The predicted molar refractivity (Wildman–Crippen MR) is 106 cm³/mol. The summed E-state index contributed by atoms with van der Waals surface area (Å²) in [6.07, 6.45) is 0. The molecular weight excluding hydrogens is 340 g/mol. The van der Waals surface area contributed by atoms with Crippen LogP contribution in [0.2, 0.25) is 0 Å². The van der Waals surface area contributed by atoms with Crippen molar-refractivity contribution in [3.63, 3.8) is 0 Å². The SMILES string of the molecule is COc1ccc(C)cc1.Cc1cc(C#N)cc(C#Cc2csc(C)n2)c1. The van der Waals surface area contributed by atoms with Gasteiger partial charge >= 0.3 is 0 Å². The minimum absolute atomic E-state index is 0.642. The number of methoxy groups -OCH3 is 1. The number of hydrogen-bond donors (Lipinski definition) is 0. The Balaban J connectivity index is 0.000000228. The third-order valence-electron chi connectivity index (χ3n) is 3.42. The molecule has 3 aromatic rings. The first kappa shape index (κ1) is 19.2.